The number of para-hydroxylation sites is 1. The van der Waals surface area contributed by atoms with E-state index >= 15 is 0 Å². The largest absolute Gasteiger partial charge is 0.338 e. The number of aromatic nitrogens is 2. The van der Waals surface area contributed by atoms with Crippen molar-refractivity contribution in [1.82, 2.24) is 9.38 Å². The summed E-state index contributed by atoms with van der Waals surface area (Å²) in [5, 5.41) is 5.54. The Kier molecular flexibility index (Phi) is 2.50. The Morgan fingerprint density at radius 1 is 1.05 bits per heavy atom. The number of nitrogens with one attached hydrogen (secondary N) is 1. The van der Waals surface area contributed by atoms with Crippen LogP contribution < -0.4 is 5.32 Å². The van der Waals surface area contributed by atoms with Gasteiger partial charge in [0.05, 0.1) is 11.0 Å². The van der Waals surface area contributed by atoms with Crippen LogP contribution in [0.3, 0.4) is 0 Å². The zero-order chi connectivity index (χ0) is 13.5. The van der Waals surface area contributed by atoms with E-state index in [1.165, 1.54) is 5.56 Å². The van der Waals surface area contributed by atoms with Crippen molar-refractivity contribution in [3.8, 4) is 0 Å². The quantitative estimate of drug-likeness (QED) is 0.581. The Morgan fingerprint density at radius 3 is 2.85 bits per heavy atom. The lowest BCUT2D eigenvalue weighted by Crippen LogP contribution is -1.98. The van der Waals surface area contributed by atoms with Crippen molar-refractivity contribution in [2.75, 3.05) is 5.32 Å². The van der Waals surface area contributed by atoms with E-state index in [1.54, 1.807) is 11.3 Å². The van der Waals surface area contributed by atoms with Gasteiger partial charge in [-0.05, 0) is 42.1 Å². The van der Waals surface area contributed by atoms with Gasteiger partial charge in [0.25, 0.3) is 0 Å². The second-order valence-corrected chi connectivity index (χ2v) is 5.67. The number of thiophene rings is 1. The van der Waals surface area contributed by atoms with Crippen LogP contribution in [0.2, 0.25) is 0 Å². The van der Waals surface area contributed by atoms with Crippen molar-refractivity contribution in [2.45, 2.75) is 6.92 Å². The number of rotatable bonds is 2. The van der Waals surface area contributed by atoms with Gasteiger partial charge in [0, 0.05) is 11.9 Å². The normalized spacial score (nSPS) is 11.2. The standard InChI is InChI=1S/C16H13N3S/c1-11-5-2-3-6-12(11)17-15-13-7-4-9-19(13)14-8-10-20-16(14)18-15/h2-10H,1H3,(H,17,18). The number of aryl methyl sites for hydroxylation is 1. The molecule has 0 saturated carbocycles. The van der Waals surface area contributed by atoms with Crippen LogP contribution in [0.15, 0.2) is 54.0 Å². The van der Waals surface area contributed by atoms with E-state index in [0.717, 1.165) is 27.4 Å². The molecule has 0 bridgehead atoms. The smallest absolute Gasteiger partial charge is 0.156 e. The van der Waals surface area contributed by atoms with Crippen LogP contribution in [0.4, 0.5) is 11.5 Å². The molecule has 0 saturated heterocycles. The van der Waals surface area contributed by atoms with Gasteiger partial charge in [0.2, 0.25) is 0 Å². The molecule has 3 heterocycles. The van der Waals surface area contributed by atoms with Gasteiger partial charge in [0.1, 0.15) is 4.83 Å². The number of hydrogen-bond donors (Lipinski definition) is 1. The number of benzene rings is 1. The molecule has 0 fully saturated rings. The molecule has 4 heteroatoms. The Balaban J connectivity index is 1.93. The molecule has 0 unspecified atom stereocenters. The van der Waals surface area contributed by atoms with E-state index < -0.39 is 0 Å². The number of fused-ring (bicyclic) bond motifs is 3. The van der Waals surface area contributed by atoms with Gasteiger partial charge in [0.15, 0.2) is 5.82 Å². The van der Waals surface area contributed by atoms with Gasteiger partial charge in [-0.3, -0.25) is 0 Å². The summed E-state index contributed by atoms with van der Waals surface area (Å²) < 4.78 is 2.18. The van der Waals surface area contributed by atoms with Gasteiger partial charge >= 0.3 is 0 Å². The fourth-order valence-electron chi connectivity index (χ4n) is 2.44. The third kappa shape index (κ3) is 1.69. The molecule has 0 spiro atoms. The third-order valence-corrected chi connectivity index (χ3v) is 4.28. The minimum Gasteiger partial charge on any atom is -0.338 e. The topological polar surface area (TPSA) is 29.3 Å². The lowest BCUT2D eigenvalue weighted by molar-refractivity contribution is 1.24. The van der Waals surface area contributed by atoms with E-state index in [2.05, 4.69) is 58.5 Å². The van der Waals surface area contributed by atoms with Crippen LogP contribution in [0.5, 0.6) is 0 Å². The molecule has 0 amide bonds. The molecular formula is C16H13N3S. The zero-order valence-corrected chi connectivity index (χ0v) is 11.8. The monoisotopic (exact) mass is 279 g/mol. The Morgan fingerprint density at radius 2 is 1.95 bits per heavy atom. The predicted octanol–water partition coefficient (Wildman–Crippen LogP) is 4.60. The first kappa shape index (κ1) is 11.5. The van der Waals surface area contributed by atoms with Gasteiger partial charge in [-0.25, -0.2) is 4.98 Å². The van der Waals surface area contributed by atoms with Gasteiger partial charge in [-0.1, -0.05) is 18.2 Å². The number of hydrogen-bond acceptors (Lipinski definition) is 3. The Hall–Kier alpha value is -2.33. The van der Waals surface area contributed by atoms with Crippen molar-refractivity contribution >= 4 is 38.7 Å². The third-order valence-electron chi connectivity index (χ3n) is 3.49. The summed E-state index contributed by atoms with van der Waals surface area (Å²) >= 11 is 1.66. The summed E-state index contributed by atoms with van der Waals surface area (Å²) in [7, 11) is 0. The highest BCUT2D eigenvalue weighted by molar-refractivity contribution is 7.16. The van der Waals surface area contributed by atoms with Crippen LogP contribution >= 0.6 is 11.3 Å². The van der Waals surface area contributed by atoms with E-state index in [1.807, 2.05) is 12.1 Å². The molecule has 0 radical (unpaired) electrons. The summed E-state index contributed by atoms with van der Waals surface area (Å²) in [6, 6.07) is 14.5. The van der Waals surface area contributed by atoms with E-state index in [9.17, 15) is 0 Å². The lowest BCUT2D eigenvalue weighted by atomic mass is 10.2. The van der Waals surface area contributed by atoms with Crippen molar-refractivity contribution < 1.29 is 0 Å². The van der Waals surface area contributed by atoms with Crippen LogP contribution in [-0.4, -0.2) is 9.38 Å². The molecule has 4 rings (SSSR count). The van der Waals surface area contributed by atoms with Crippen LogP contribution in [0.25, 0.3) is 15.9 Å². The molecular weight excluding hydrogens is 266 g/mol. The second-order valence-electron chi connectivity index (χ2n) is 4.77. The van der Waals surface area contributed by atoms with E-state index in [4.69, 9.17) is 4.98 Å². The van der Waals surface area contributed by atoms with Crippen LogP contribution in [0.1, 0.15) is 5.56 Å². The summed E-state index contributed by atoms with van der Waals surface area (Å²) in [5.41, 5.74) is 4.56. The van der Waals surface area contributed by atoms with Crippen molar-refractivity contribution in [1.29, 1.82) is 0 Å². The minimum absolute atomic E-state index is 0.902. The summed E-state index contributed by atoms with van der Waals surface area (Å²) in [4.78, 5) is 5.80. The van der Waals surface area contributed by atoms with Crippen LogP contribution in [0, 0.1) is 6.92 Å². The molecule has 0 atom stereocenters. The fourth-order valence-corrected chi connectivity index (χ4v) is 3.19. The average Bonchev–Trinajstić information content (AvgIpc) is 3.08. The highest BCUT2D eigenvalue weighted by Crippen LogP contribution is 2.28. The SMILES string of the molecule is Cc1ccccc1Nc1nc2sccc2n2cccc12. The van der Waals surface area contributed by atoms with E-state index in [-0.39, 0.29) is 0 Å². The molecule has 0 aliphatic carbocycles. The first-order chi connectivity index (χ1) is 9.83. The molecule has 0 aliphatic heterocycles. The maximum absolute atomic E-state index is 4.76. The summed E-state index contributed by atoms with van der Waals surface area (Å²) in [5.74, 6) is 0.902. The maximum Gasteiger partial charge on any atom is 0.156 e. The summed E-state index contributed by atoms with van der Waals surface area (Å²) in [6.07, 6.45) is 2.08. The number of nitrogens with zero attached hydrogens (tertiary/aromatic N) is 2. The van der Waals surface area contributed by atoms with Gasteiger partial charge in [-0.2, -0.15) is 0 Å². The van der Waals surface area contributed by atoms with Crippen molar-refractivity contribution in [3.05, 3.63) is 59.6 Å². The van der Waals surface area contributed by atoms with Gasteiger partial charge in [-0.15, -0.1) is 11.3 Å². The second kappa shape index (κ2) is 4.35. The average molecular weight is 279 g/mol. The molecule has 98 valence electrons. The Bertz CT molecular complexity index is 904. The molecule has 3 nitrogen and oxygen atoms in total. The fraction of sp³-hybridized carbons (Fsp3) is 0.0625. The van der Waals surface area contributed by atoms with Crippen molar-refractivity contribution in [3.63, 3.8) is 0 Å². The minimum atomic E-state index is 0.902. The zero-order valence-electron chi connectivity index (χ0n) is 11.0. The molecule has 3 aromatic heterocycles. The first-order valence-electron chi connectivity index (χ1n) is 6.50. The molecule has 4 aromatic rings. The highest BCUT2D eigenvalue weighted by atomic mass is 32.1. The lowest BCUT2D eigenvalue weighted by Gasteiger charge is -2.10. The maximum atomic E-state index is 4.76. The van der Waals surface area contributed by atoms with Crippen LogP contribution in [-0.2, 0) is 0 Å². The first-order valence-corrected chi connectivity index (χ1v) is 7.38. The molecule has 20 heavy (non-hydrogen) atoms. The molecule has 0 aliphatic rings. The summed E-state index contributed by atoms with van der Waals surface area (Å²) in [6.45, 7) is 2.10. The predicted molar refractivity (Wildman–Crippen MR) is 85.0 cm³/mol. The van der Waals surface area contributed by atoms with Gasteiger partial charge < -0.3 is 9.72 Å². The number of anilines is 2. The highest BCUT2D eigenvalue weighted by Gasteiger charge is 2.09. The van der Waals surface area contributed by atoms with Crippen molar-refractivity contribution in [2.24, 2.45) is 0 Å². The van der Waals surface area contributed by atoms with E-state index in [0.29, 0.717) is 0 Å². The molecule has 1 aromatic carbocycles. The Labute approximate surface area is 120 Å². The molecule has 1 N–H and O–H groups in total.